The summed E-state index contributed by atoms with van der Waals surface area (Å²) in [6.07, 6.45) is 0. The highest BCUT2D eigenvalue weighted by Crippen LogP contribution is 2.25. The number of aryl methyl sites for hydroxylation is 2. The molecule has 2 rings (SSSR count). The highest BCUT2D eigenvalue weighted by Gasteiger charge is 2.22. The first-order valence-electron chi connectivity index (χ1n) is 6.44. The maximum atomic E-state index is 12.1. The predicted octanol–water partition coefficient (Wildman–Crippen LogP) is 3.35. The molecule has 2 aromatic rings. The van der Waals surface area contributed by atoms with Crippen LogP contribution in [0.25, 0.3) is 11.4 Å². The highest BCUT2D eigenvalue weighted by atomic mass is 127. The molecule has 0 aliphatic rings. The summed E-state index contributed by atoms with van der Waals surface area (Å²) in [6, 6.07) is 3.87. The van der Waals surface area contributed by atoms with Crippen molar-refractivity contribution in [2.75, 3.05) is 0 Å². The van der Waals surface area contributed by atoms with Gasteiger partial charge in [-0.3, -0.25) is 9.78 Å². The molecule has 0 aliphatic heterocycles. The van der Waals surface area contributed by atoms with Crippen molar-refractivity contribution in [2.45, 2.75) is 40.0 Å². The summed E-state index contributed by atoms with van der Waals surface area (Å²) in [5.41, 5.74) is 3.29. The minimum absolute atomic E-state index is 0.0901. The van der Waals surface area contributed by atoms with Gasteiger partial charge in [0.2, 0.25) is 0 Å². The van der Waals surface area contributed by atoms with Crippen LogP contribution < -0.4 is 5.56 Å². The van der Waals surface area contributed by atoms with Crippen molar-refractivity contribution in [1.29, 1.82) is 0 Å². The SMILES string of the molecule is Cc1cc(-c2nc(C(C)(C)C)c(I)c(=O)[nH]2)cc(C)n1. The molecule has 0 fully saturated rings. The Balaban J connectivity index is 2.70. The Morgan fingerprint density at radius 3 is 2.15 bits per heavy atom. The molecule has 0 spiro atoms. The first-order valence-corrected chi connectivity index (χ1v) is 7.52. The molecule has 0 unspecified atom stereocenters. The van der Waals surface area contributed by atoms with E-state index < -0.39 is 0 Å². The van der Waals surface area contributed by atoms with Crippen molar-refractivity contribution >= 4 is 22.6 Å². The lowest BCUT2D eigenvalue weighted by atomic mass is 9.92. The molecule has 20 heavy (non-hydrogen) atoms. The zero-order valence-electron chi connectivity index (χ0n) is 12.3. The van der Waals surface area contributed by atoms with Crippen molar-refractivity contribution in [3.63, 3.8) is 0 Å². The van der Waals surface area contributed by atoms with E-state index in [2.05, 4.69) is 58.3 Å². The van der Waals surface area contributed by atoms with Crippen LogP contribution in [0.15, 0.2) is 16.9 Å². The van der Waals surface area contributed by atoms with Gasteiger partial charge in [-0.2, -0.15) is 0 Å². The number of hydrogen-bond acceptors (Lipinski definition) is 3. The average molecular weight is 383 g/mol. The summed E-state index contributed by atoms with van der Waals surface area (Å²) in [4.78, 5) is 24.0. The number of aromatic nitrogens is 3. The third-order valence-corrected chi connectivity index (χ3v) is 3.93. The molecule has 2 heterocycles. The maximum Gasteiger partial charge on any atom is 0.264 e. The fraction of sp³-hybridized carbons (Fsp3) is 0.400. The predicted molar refractivity (Wildman–Crippen MR) is 89.0 cm³/mol. The Labute approximate surface area is 132 Å². The Hall–Kier alpha value is -1.24. The molecule has 0 aromatic carbocycles. The van der Waals surface area contributed by atoms with Gasteiger partial charge in [-0.05, 0) is 48.6 Å². The van der Waals surface area contributed by atoms with Gasteiger partial charge in [0.1, 0.15) is 9.39 Å². The van der Waals surface area contributed by atoms with Crippen LogP contribution in [0.3, 0.4) is 0 Å². The molecule has 2 aromatic heterocycles. The van der Waals surface area contributed by atoms with Crippen LogP contribution in [0.2, 0.25) is 0 Å². The zero-order chi connectivity index (χ0) is 15.1. The fourth-order valence-corrected chi connectivity index (χ4v) is 3.13. The van der Waals surface area contributed by atoms with Crippen LogP contribution in [-0.2, 0) is 5.41 Å². The first-order chi connectivity index (χ1) is 9.18. The van der Waals surface area contributed by atoms with E-state index in [0.717, 1.165) is 22.6 Å². The second kappa shape index (κ2) is 5.27. The lowest BCUT2D eigenvalue weighted by Crippen LogP contribution is -2.24. The van der Waals surface area contributed by atoms with Gasteiger partial charge in [0.25, 0.3) is 5.56 Å². The summed E-state index contributed by atoms with van der Waals surface area (Å²) in [5, 5.41) is 0. The van der Waals surface area contributed by atoms with E-state index in [1.54, 1.807) is 0 Å². The second-order valence-corrected chi connectivity index (χ2v) is 7.04. The lowest BCUT2D eigenvalue weighted by Gasteiger charge is -2.19. The molecule has 0 aliphatic carbocycles. The summed E-state index contributed by atoms with van der Waals surface area (Å²) in [5.74, 6) is 0.606. The van der Waals surface area contributed by atoms with Gasteiger partial charge in [0, 0.05) is 22.4 Å². The minimum Gasteiger partial charge on any atom is -0.306 e. The molecule has 4 nitrogen and oxygen atoms in total. The third-order valence-electron chi connectivity index (χ3n) is 2.93. The Kier molecular flexibility index (Phi) is 4.00. The molecular weight excluding hydrogens is 365 g/mol. The molecule has 0 atom stereocenters. The Morgan fingerprint density at radius 1 is 1.10 bits per heavy atom. The largest absolute Gasteiger partial charge is 0.306 e. The van der Waals surface area contributed by atoms with Crippen LogP contribution in [0, 0.1) is 17.4 Å². The maximum absolute atomic E-state index is 12.1. The zero-order valence-corrected chi connectivity index (χ0v) is 14.5. The molecule has 106 valence electrons. The molecule has 1 N–H and O–H groups in total. The standard InChI is InChI=1S/C15H18IN3O/c1-8-6-10(7-9(2)17-8)13-18-12(15(3,4)5)11(16)14(20)19-13/h6-7H,1-5H3,(H,18,19,20). The highest BCUT2D eigenvalue weighted by molar-refractivity contribution is 14.1. The van der Waals surface area contributed by atoms with Crippen LogP contribution in [0.1, 0.15) is 37.9 Å². The minimum atomic E-state index is -0.170. The van der Waals surface area contributed by atoms with Gasteiger partial charge in [-0.1, -0.05) is 20.8 Å². The van der Waals surface area contributed by atoms with Crippen molar-refractivity contribution in [3.05, 3.63) is 43.1 Å². The van der Waals surface area contributed by atoms with E-state index in [-0.39, 0.29) is 11.0 Å². The van der Waals surface area contributed by atoms with E-state index in [0.29, 0.717) is 9.39 Å². The number of nitrogens with one attached hydrogen (secondary N) is 1. The quantitative estimate of drug-likeness (QED) is 0.769. The fourth-order valence-electron chi connectivity index (χ4n) is 2.06. The van der Waals surface area contributed by atoms with Gasteiger partial charge in [0.15, 0.2) is 0 Å². The number of H-pyrrole nitrogens is 1. The van der Waals surface area contributed by atoms with Crippen molar-refractivity contribution < 1.29 is 0 Å². The van der Waals surface area contributed by atoms with Crippen molar-refractivity contribution in [2.24, 2.45) is 0 Å². The first kappa shape index (κ1) is 15.2. The topological polar surface area (TPSA) is 58.6 Å². The molecular formula is C15H18IN3O. The summed E-state index contributed by atoms with van der Waals surface area (Å²) >= 11 is 2.06. The number of halogens is 1. The summed E-state index contributed by atoms with van der Waals surface area (Å²) in [7, 11) is 0. The van der Waals surface area contributed by atoms with Crippen molar-refractivity contribution in [3.8, 4) is 11.4 Å². The monoisotopic (exact) mass is 383 g/mol. The Morgan fingerprint density at radius 2 is 1.65 bits per heavy atom. The van der Waals surface area contributed by atoms with Gasteiger partial charge < -0.3 is 4.98 Å². The van der Waals surface area contributed by atoms with Crippen LogP contribution in [0.5, 0.6) is 0 Å². The van der Waals surface area contributed by atoms with Gasteiger partial charge in [0.05, 0.1) is 5.69 Å². The Bertz CT molecular complexity index is 694. The number of rotatable bonds is 1. The average Bonchev–Trinajstić information content (AvgIpc) is 2.29. The van der Waals surface area contributed by atoms with E-state index >= 15 is 0 Å². The van der Waals surface area contributed by atoms with Gasteiger partial charge in [-0.25, -0.2) is 4.98 Å². The molecule has 0 amide bonds. The van der Waals surface area contributed by atoms with Gasteiger partial charge in [-0.15, -0.1) is 0 Å². The number of pyridine rings is 1. The van der Waals surface area contributed by atoms with Crippen LogP contribution in [0.4, 0.5) is 0 Å². The van der Waals surface area contributed by atoms with Crippen LogP contribution in [-0.4, -0.2) is 15.0 Å². The molecule has 0 saturated carbocycles. The summed E-state index contributed by atoms with van der Waals surface area (Å²) < 4.78 is 0.654. The molecule has 0 saturated heterocycles. The summed E-state index contributed by atoms with van der Waals surface area (Å²) in [6.45, 7) is 10.1. The smallest absolute Gasteiger partial charge is 0.264 e. The number of aromatic amines is 1. The molecule has 5 heteroatoms. The molecule has 0 bridgehead atoms. The van der Waals surface area contributed by atoms with E-state index in [1.807, 2.05) is 26.0 Å². The van der Waals surface area contributed by atoms with E-state index in [4.69, 9.17) is 0 Å². The lowest BCUT2D eigenvalue weighted by molar-refractivity contribution is 0.562. The van der Waals surface area contributed by atoms with Crippen molar-refractivity contribution in [1.82, 2.24) is 15.0 Å². The van der Waals surface area contributed by atoms with Gasteiger partial charge >= 0.3 is 0 Å². The van der Waals surface area contributed by atoms with E-state index in [9.17, 15) is 4.79 Å². The molecule has 0 radical (unpaired) electrons. The van der Waals surface area contributed by atoms with E-state index in [1.165, 1.54) is 0 Å². The third kappa shape index (κ3) is 3.08. The number of nitrogens with zero attached hydrogens (tertiary/aromatic N) is 2. The second-order valence-electron chi connectivity index (χ2n) is 5.97. The van der Waals surface area contributed by atoms with Crippen LogP contribution >= 0.6 is 22.6 Å². The normalized spacial score (nSPS) is 11.7. The number of hydrogen-bond donors (Lipinski definition) is 1.